The first kappa shape index (κ1) is 26.8. The van der Waals surface area contributed by atoms with Crippen LogP contribution in [-0.4, -0.2) is 28.5 Å². The number of allylic oxidation sites excluding steroid dienone is 1. The van der Waals surface area contributed by atoms with Gasteiger partial charge in [0.05, 0.1) is 28.5 Å². The van der Waals surface area contributed by atoms with Crippen molar-refractivity contribution in [3.8, 4) is 17.2 Å². The van der Waals surface area contributed by atoms with Gasteiger partial charge in [-0.15, -0.1) is 0 Å². The Hall–Kier alpha value is -4.37. The van der Waals surface area contributed by atoms with Crippen molar-refractivity contribution >= 4 is 23.4 Å². The molecule has 6 rings (SSSR count). The fraction of sp³-hybridized carbons (Fsp3) is 0.281. The third-order valence-electron chi connectivity index (χ3n) is 7.45. The number of esters is 1. The number of nitrogens with zero attached hydrogens (tertiary/aromatic N) is 3. The van der Waals surface area contributed by atoms with Crippen LogP contribution in [0.2, 0.25) is 0 Å². The number of benzene rings is 2. The second kappa shape index (κ2) is 10.2. The summed E-state index contributed by atoms with van der Waals surface area (Å²) in [5.74, 6) is 0.697. The standard InChI is InChI=1S/C32H31N3O5S/c1-7-38-31(37)28-20(5)33-32-35(29(28)22-8-9-25-26(14-22)40-16-39-25)30(36)27(41-32)15-23-13-19(4)34(21(23)6)24-11-17(2)10-18(3)12-24/h8-15,29H,7,16H2,1-6H3/b27-15+/t29-/m1/s1. The zero-order valence-corrected chi connectivity index (χ0v) is 24.7. The quantitative estimate of drug-likeness (QED) is 0.329. The van der Waals surface area contributed by atoms with Crippen molar-refractivity contribution in [2.75, 3.05) is 13.4 Å². The molecule has 2 aromatic carbocycles. The highest BCUT2D eigenvalue weighted by Gasteiger charge is 2.34. The monoisotopic (exact) mass is 569 g/mol. The fourth-order valence-electron chi connectivity index (χ4n) is 5.74. The van der Waals surface area contributed by atoms with Gasteiger partial charge in [0.25, 0.3) is 5.56 Å². The molecule has 0 unspecified atom stereocenters. The van der Waals surface area contributed by atoms with Gasteiger partial charge < -0.3 is 18.8 Å². The molecule has 0 saturated heterocycles. The van der Waals surface area contributed by atoms with Crippen LogP contribution in [0.25, 0.3) is 11.8 Å². The first-order valence-corrected chi connectivity index (χ1v) is 14.3. The molecular formula is C32H31N3O5S. The van der Waals surface area contributed by atoms with E-state index in [9.17, 15) is 9.59 Å². The molecule has 0 radical (unpaired) electrons. The number of aromatic nitrogens is 2. The molecule has 2 aromatic heterocycles. The molecule has 210 valence electrons. The Bertz CT molecular complexity index is 1920. The molecule has 8 nitrogen and oxygen atoms in total. The molecule has 0 spiro atoms. The second-order valence-corrected chi connectivity index (χ2v) is 11.4. The smallest absolute Gasteiger partial charge is 0.338 e. The molecular weight excluding hydrogens is 538 g/mol. The van der Waals surface area contributed by atoms with Crippen LogP contribution in [-0.2, 0) is 9.53 Å². The Labute approximate surface area is 241 Å². The molecule has 0 bridgehead atoms. The van der Waals surface area contributed by atoms with Gasteiger partial charge in [-0.05, 0) is 100 Å². The van der Waals surface area contributed by atoms with Crippen LogP contribution in [0.4, 0.5) is 0 Å². The molecule has 0 aliphatic carbocycles. The lowest BCUT2D eigenvalue weighted by Crippen LogP contribution is -2.39. The lowest BCUT2D eigenvalue weighted by atomic mass is 9.95. The maximum Gasteiger partial charge on any atom is 0.338 e. The lowest BCUT2D eigenvalue weighted by molar-refractivity contribution is -0.139. The van der Waals surface area contributed by atoms with Crippen molar-refractivity contribution in [2.24, 2.45) is 4.99 Å². The second-order valence-electron chi connectivity index (χ2n) is 10.4. The summed E-state index contributed by atoms with van der Waals surface area (Å²) in [5.41, 5.74) is 7.89. The van der Waals surface area contributed by atoms with Crippen LogP contribution in [0.3, 0.4) is 0 Å². The molecule has 0 amide bonds. The van der Waals surface area contributed by atoms with Gasteiger partial charge >= 0.3 is 5.97 Å². The van der Waals surface area contributed by atoms with Crippen molar-refractivity contribution in [3.63, 3.8) is 0 Å². The number of fused-ring (bicyclic) bond motifs is 2. The van der Waals surface area contributed by atoms with Gasteiger partial charge in [-0.1, -0.05) is 23.5 Å². The van der Waals surface area contributed by atoms with Crippen LogP contribution in [0, 0.1) is 27.7 Å². The number of thiazole rings is 1. The van der Waals surface area contributed by atoms with E-state index in [1.165, 1.54) is 22.5 Å². The minimum absolute atomic E-state index is 0.127. The normalized spacial score (nSPS) is 16.1. The van der Waals surface area contributed by atoms with E-state index in [0.717, 1.165) is 22.6 Å². The van der Waals surface area contributed by atoms with E-state index < -0.39 is 12.0 Å². The van der Waals surface area contributed by atoms with Crippen LogP contribution >= 0.6 is 11.3 Å². The van der Waals surface area contributed by atoms with Gasteiger partial charge in [-0.3, -0.25) is 9.36 Å². The number of rotatable bonds is 5. The van der Waals surface area contributed by atoms with Crippen LogP contribution in [0.5, 0.6) is 11.5 Å². The average Bonchev–Trinajstić information content (AvgIpc) is 3.58. The van der Waals surface area contributed by atoms with Gasteiger partial charge in [0, 0.05) is 17.1 Å². The molecule has 0 N–H and O–H groups in total. The predicted octanol–water partition coefficient (Wildman–Crippen LogP) is 4.55. The van der Waals surface area contributed by atoms with Gasteiger partial charge in [0.2, 0.25) is 6.79 Å². The Morgan fingerprint density at radius 2 is 1.78 bits per heavy atom. The number of hydrogen-bond donors (Lipinski definition) is 0. The van der Waals surface area contributed by atoms with Crippen LogP contribution < -0.4 is 24.4 Å². The molecule has 9 heteroatoms. The predicted molar refractivity (Wildman–Crippen MR) is 158 cm³/mol. The van der Waals surface area contributed by atoms with Crippen LogP contribution in [0.1, 0.15) is 53.5 Å². The average molecular weight is 570 g/mol. The molecule has 41 heavy (non-hydrogen) atoms. The number of carbonyl (C=O) groups excluding carboxylic acids is 1. The Morgan fingerprint density at radius 1 is 1.05 bits per heavy atom. The highest BCUT2D eigenvalue weighted by atomic mass is 32.1. The molecule has 0 fully saturated rings. The van der Waals surface area contributed by atoms with Gasteiger partial charge in [-0.25, -0.2) is 9.79 Å². The number of hydrogen-bond acceptors (Lipinski definition) is 7. The van der Waals surface area contributed by atoms with Crippen molar-refractivity contribution in [3.05, 3.63) is 107 Å². The Kier molecular flexibility index (Phi) is 6.69. The van der Waals surface area contributed by atoms with Crippen molar-refractivity contribution in [1.29, 1.82) is 0 Å². The maximum atomic E-state index is 14.1. The summed E-state index contributed by atoms with van der Waals surface area (Å²) in [6, 6.07) is 13.3. The van der Waals surface area contributed by atoms with E-state index in [2.05, 4.69) is 56.5 Å². The molecule has 4 aromatic rings. The summed E-state index contributed by atoms with van der Waals surface area (Å²) in [4.78, 5) is 32.5. The van der Waals surface area contributed by atoms with Gasteiger partial charge in [0.1, 0.15) is 0 Å². The van der Waals surface area contributed by atoms with Gasteiger partial charge in [0.15, 0.2) is 16.3 Å². The number of carbonyl (C=O) groups is 1. The Morgan fingerprint density at radius 3 is 2.51 bits per heavy atom. The van der Waals surface area contributed by atoms with E-state index in [1.54, 1.807) is 24.5 Å². The Balaban J connectivity index is 1.52. The molecule has 0 saturated carbocycles. The number of ether oxygens (including phenoxy) is 3. The van der Waals surface area contributed by atoms with Gasteiger partial charge in [-0.2, -0.15) is 0 Å². The molecule has 2 aliphatic rings. The van der Waals surface area contributed by atoms with Crippen molar-refractivity contribution < 1.29 is 19.0 Å². The third kappa shape index (κ3) is 4.60. The summed E-state index contributed by atoms with van der Waals surface area (Å²) in [6.07, 6.45) is 1.92. The SMILES string of the molecule is CCOC(=O)C1=C(C)N=c2s/c(=C/c3cc(C)n(-c4cc(C)cc(C)c4)c3C)c(=O)n2[C@@H]1c1ccc2c(c1)OCO2. The summed E-state index contributed by atoms with van der Waals surface area (Å²) >= 11 is 1.31. The van der Waals surface area contributed by atoms with Crippen molar-refractivity contribution in [2.45, 2.75) is 47.6 Å². The summed E-state index contributed by atoms with van der Waals surface area (Å²) < 4.78 is 20.8. The zero-order chi connectivity index (χ0) is 29.0. The maximum absolute atomic E-state index is 14.1. The van der Waals surface area contributed by atoms with E-state index in [4.69, 9.17) is 19.2 Å². The molecule has 2 aliphatic heterocycles. The number of aryl methyl sites for hydroxylation is 3. The minimum atomic E-state index is -0.718. The summed E-state index contributed by atoms with van der Waals surface area (Å²) in [7, 11) is 0. The summed E-state index contributed by atoms with van der Waals surface area (Å²) in [5, 5.41) is 0. The third-order valence-corrected chi connectivity index (χ3v) is 8.43. The molecule has 4 heterocycles. The van der Waals surface area contributed by atoms with E-state index in [-0.39, 0.29) is 19.0 Å². The highest BCUT2D eigenvalue weighted by Crippen LogP contribution is 2.38. The van der Waals surface area contributed by atoms with E-state index in [0.29, 0.717) is 37.7 Å². The van der Waals surface area contributed by atoms with E-state index >= 15 is 0 Å². The topological polar surface area (TPSA) is 84.1 Å². The van der Waals surface area contributed by atoms with Crippen molar-refractivity contribution in [1.82, 2.24) is 9.13 Å². The first-order chi connectivity index (χ1) is 19.7. The van der Waals surface area contributed by atoms with Crippen LogP contribution in [0.15, 0.2) is 63.5 Å². The summed E-state index contributed by atoms with van der Waals surface area (Å²) in [6.45, 7) is 12.2. The lowest BCUT2D eigenvalue weighted by Gasteiger charge is -2.24. The first-order valence-electron chi connectivity index (χ1n) is 13.5. The highest BCUT2D eigenvalue weighted by molar-refractivity contribution is 7.07. The fourth-order valence-corrected chi connectivity index (χ4v) is 6.78. The molecule has 1 atom stereocenters. The largest absolute Gasteiger partial charge is 0.463 e. The van der Waals surface area contributed by atoms with E-state index in [1.807, 2.05) is 18.2 Å². The zero-order valence-electron chi connectivity index (χ0n) is 23.9. The minimum Gasteiger partial charge on any atom is -0.463 e.